The number of thioether (sulfide) groups is 1. The molecule has 396 valence electrons. The second-order valence-electron chi connectivity index (χ2n) is 16.8. The van der Waals surface area contributed by atoms with E-state index in [1.165, 1.54) is 13.8 Å². The van der Waals surface area contributed by atoms with Gasteiger partial charge in [-0.15, -0.1) is 0 Å². The van der Waals surface area contributed by atoms with Crippen molar-refractivity contribution in [3.8, 4) is 0 Å². The minimum atomic E-state index is -5.59. The predicted molar refractivity (Wildman–Crippen MR) is 257 cm³/mol. The summed E-state index contributed by atoms with van der Waals surface area (Å²) < 4.78 is 62.4. The molecule has 0 aliphatic carbocycles. The van der Waals surface area contributed by atoms with Crippen LogP contribution in [-0.2, 0) is 50.7 Å². The number of unbranched alkanes of at least 4 members (excludes halogenated alkanes) is 5. The van der Waals surface area contributed by atoms with Gasteiger partial charge in [0.25, 0.3) is 0 Å². The highest BCUT2D eigenvalue weighted by molar-refractivity contribution is 8.13. The molecule has 8 atom stereocenters. The van der Waals surface area contributed by atoms with Crippen LogP contribution in [0.3, 0.4) is 0 Å². The number of hydrogen-bond acceptors (Lipinski definition) is 19. The van der Waals surface area contributed by atoms with Crippen molar-refractivity contribution in [1.29, 1.82) is 0 Å². The molecule has 1 saturated heterocycles. The van der Waals surface area contributed by atoms with Crippen molar-refractivity contribution in [2.24, 2.45) is 5.41 Å². The lowest BCUT2D eigenvalue weighted by molar-refractivity contribution is -0.137. The number of nitrogens with one attached hydrogen (secondary N) is 2. The number of aliphatic hydroxyl groups is 3. The molecule has 8 unspecified atom stereocenters. The van der Waals surface area contributed by atoms with E-state index in [1.807, 2.05) is 0 Å². The van der Waals surface area contributed by atoms with Crippen LogP contribution in [0.1, 0.15) is 104 Å². The number of rotatable bonds is 34. The average molecular weight is 1070 g/mol. The van der Waals surface area contributed by atoms with Crippen LogP contribution < -0.4 is 16.4 Å². The molecular weight excluding hydrogens is 1000 g/mol. The number of amides is 2. The minimum absolute atomic E-state index is 0.00856. The molecule has 2 amide bonds. The first kappa shape index (κ1) is 61.0. The minimum Gasteiger partial charge on any atom is -0.393 e. The molecule has 0 spiro atoms. The Morgan fingerprint density at radius 3 is 2.27 bits per heavy atom. The molecule has 29 heteroatoms. The van der Waals surface area contributed by atoms with Crippen LogP contribution in [0, 0.1) is 5.41 Å². The molecule has 2 aromatic rings. The first-order valence-corrected chi connectivity index (χ1v) is 28.1. The number of nitrogens with zero attached hydrogens (tertiary/aromatic N) is 4. The SMILES string of the molecule is CCC=CCC=CCC=CCCCCCCCC(O)CC(=O)SCCNC(=O)CCNC(=O)C(O)C(C)(C)COP(=O)(O)OP(=O)(O)OCC1OC(n2cnc3c(N)ncnc32)C(O)C1OP(=O)(O)O. The molecule has 0 aromatic carbocycles. The summed E-state index contributed by atoms with van der Waals surface area (Å²) in [5.41, 5.74) is 4.25. The van der Waals surface area contributed by atoms with E-state index in [0.29, 0.717) is 6.42 Å². The number of carbonyl (C=O) groups excluding carboxylic acids is 3. The zero-order valence-electron chi connectivity index (χ0n) is 39.3. The van der Waals surface area contributed by atoms with Gasteiger partial charge in [-0.25, -0.2) is 28.6 Å². The van der Waals surface area contributed by atoms with Gasteiger partial charge in [-0.1, -0.05) is 94.7 Å². The van der Waals surface area contributed by atoms with Gasteiger partial charge in [0, 0.05) is 37.1 Å². The number of aromatic nitrogens is 4. The lowest BCUT2D eigenvalue weighted by Gasteiger charge is -2.30. The lowest BCUT2D eigenvalue weighted by Crippen LogP contribution is -2.46. The molecule has 1 fully saturated rings. The average Bonchev–Trinajstić information content (AvgIpc) is 3.84. The van der Waals surface area contributed by atoms with E-state index in [1.54, 1.807) is 0 Å². The number of carbonyl (C=O) groups is 3. The number of anilines is 1. The summed E-state index contributed by atoms with van der Waals surface area (Å²) in [6.45, 7) is 2.49. The Labute approximate surface area is 410 Å². The highest BCUT2D eigenvalue weighted by atomic mass is 32.2. The van der Waals surface area contributed by atoms with Gasteiger partial charge >= 0.3 is 23.5 Å². The number of phosphoric ester groups is 3. The Hall–Kier alpha value is -3.26. The van der Waals surface area contributed by atoms with Crippen molar-refractivity contribution < 1.29 is 85.6 Å². The normalized spacial score (nSPS) is 20.5. The summed E-state index contributed by atoms with van der Waals surface area (Å²) in [6, 6.07) is 0. The molecule has 0 bridgehead atoms. The second kappa shape index (κ2) is 30.1. The van der Waals surface area contributed by atoms with E-state index in [9.17, 15) is 63.0 Å². The maximum atomic E-state index is 12.7. The Balaban J connectivity index is 1.30. The highest BCUT2D eigenvalue weighted by Crippen LogP contribution is 2.61. The summed E-state index contributed by atoms with van der Waals surface area (Å²) in [6.07, 6.45) is 15.0. The fourth-order valence-corrected chi connectivity index (χ4v) is 10.2. The number of nitrogen functional groups attached to an aromatic ring is 1. The summed E-state index contributed by atoms with van der Waals surface area (Å²) in [5, 5.41) is 36.6. The molecule has 25 nitrogen and oxygen atoms in total. The number of allylic oxidation sites excluding steroid dienone is 6. The van der Waals surface area contributed by atoms with Crippen molar-refractivity contribution >= 4 is 69.1 Å². The number of phosphoric acid groups is 3. The number of imidazole rings is 1. The van der Waals surface area contributed by atoms with Crippen molar-refractivity contribution in [3.63, 3.8) is 0 Å². The van der Waals surface area contributed by atoms with E-state index in [4.69, 9.17) is 19.5 Å². The van der Waals surface area contributed by atoms with Crippen molar-refractivity contribution in [2.45, 2.75) is 135 Å². The zero-order chi connectivity index (χ0) is 52.0. The molecule has 3 rings (SSSR count). The first-order valence-electron chi connectivity index (χ1n) is 22.6. The van der Waals surface area contributed by atoms with E-state index in [-0.39, 0.29) is 53.8 Å². The second-order valence-corrected chi connectivity index (χ2v) is 22.2. The number of fused-ring (bicyclic) bond motifs is 1. The third kappa shape index (κ3) is 22.7. The Morgan fingerprint density at radius 2 is 1.57 bits per heavy atom. The first-order chi connectivity index (χ1) is 32.9. The monoisotopic (exact) mass is 1070 g/mol. The zero-order valence-corrected chi connectivity index (χ0v) is 42.8. The fraction of sp³-hybridized carbons (Fsp3) is 0.659. The van der Waals surface area contributed by atoms with Crippen LogP contribution >= 0.6 is 35.2 Å². The van der Waals surface area contributed by atoms with Crippen LogP contribution in [-0.4, -0.2) is 134 Å². The summed E-state index contributed by atoms with van der Waals surface area (Å²) in [5.74, 6) is -1.24. The Kier molecular flexibility index (Phi) is 26.2. The van der Waals surface area contributed by atoms with Gasteiger partial charge in [0.2, 0.25) is 11.8 Å². The number of ether oxygens (including phenoxy) is 1. The fourth-order valence-electron chi connectivity index (χ4n) is 6.65. The van der Waals surface area contributed by atoms with E-state index < -0.39 is 90.7 Å². The molecule has 0 radical (unpaired) electrons. The topological polar surface area (TPSA) is 384 Å². The molecule has 11 N–H and O–H groups in total. The highest BCUT2D eigenvalue weighted by Gasteiger charge is 2.50. The standard InChI is InChI=1S/C41H68N7O18P3S/c1-4-5-6-7-8-9-10-11-12-13-14-15-16-17-18-19-29(49)24-32(51)70-23-22-43-31(50)20-21-44-39(54)36(53)41(2,3)26-63-69(60,61)66-68(58,59)62-25-30-35(65-67(55,56)57)34(52)40(64-30)48-28-47-33-37(42)45-27-46-38(33)48/h5-6,8-9,11-12,27-30,34-36,40,49,52-53H,4,7,10,13-26H2,1-3H3,(H,43,50)(H,44,54)(H,58,59)(H,60,61)(H2,42,45,46)(H2,55,56,57). The van der Waals surface area contributed by atoms with Crippen LogP contribution in [0.4, 0.5) is 5.82 Å². The van der Waals surface area contributed by atoms with Gasteiger partial charge in [-0.2, -0.15) is 4.31 Å². The van der Waals surface area contributed by atoms with Crippen LogP contribution in [0.5, 0.6) is 0 Å². The Morgan fingerprint density at radius 1 is 0.914 bits per heavy atom. The number of aliphatic hydroxyl groups excluding tert-OH is 3. The van der Waals surface area contributed by atoms with Gasteiger partial charge in [0.1, 0.15) is 36.3 Å². The molecule has 3 heterocycles. The molecule has 2 aromatic heterocycles. The van der Waals surface area contributed by atoms with E-state index in [0.717, 1.165) is 86.8 Å². The Bertz CT molecular complexity index is 2210. The third-order valence-corrected chi connectivity index (χ3v) is 14.4. The van der Waals surface area contributed by atoms with E-state index in [2.05, 4.69) is 77.8 Å². The third-order valence-electron chi connectivity index (χ3n) is 10.4. The van der Waals surface area contributed by atoms with Crippen molar-refractivity contribution in [3.05, 3.63) is 49.1 Å². The van der Waals surface area contributed by atoms with Crippen molar-refractivity contribution in [1.82, 2.24) is 30.2 Å². The largest absolute Gasteiger partial charge is 0.481 e. The molecule has 70 heavy (non-hydrogen) atoms. The summed E-state index contributed by atoms with van der Waals surface area (Å²) in [4.78, 5) is 88.5. The quantitative estimate of drug-likeness (QED) is 0.0269. The number of hydrogen-bond donors (Lipinski definition) is 10. The van der Waals surface area contributed by atoms with Crippen LogP contribution in [0.15, 0.2) is 49.1 Å². The maximum Gasteiger partial charge on any atom is 0.481 e. The molecule has 1 aliphatic heterocycles. The predicted octanol–water partition coefficient (Wildman–Crippen LogP) is 4.01. The van der Waals surface area contributed by atoms with Gasteiger partial charge in [0.05, 0.1) is 25.6 Å². The number of nitrogens with two attached hydrogens (primary N) is 1. The van der Waals surface area contributed by atoms with Gasteiger partial charge in [0.15, 0.2) is 22.8 Å². The molecule has 0 saturated carbocycles. The maximum absolute atomic E-state index is 12.7. The van der Waals surface area contributed by atoms with Crippen LogP contribution in [0.25, 0.3) is 11.2 Å². The van der Waals surface area contributed by atoms with Gasteiger partial charge < -0.3 is 56.0 Å². The lowest BCUT2D eigenvalue weighted by atomic mass is 9.87. The smallest absolute Gasteiger partial charge is 0.393 e. The van der Waals surface area contributed by atoms with Crippen LogP contribution in [0.2, 0.25) is 0 Å². The molecule has 1 aliphatic rings. The van der Waals surface area contributed by atoms with Gasteiger partial charge in [-0.3, -0.25) is 32.5 Å². The summed E-state index contributed by atoms with van der Waals surface area (Å²) >= 11 is 0.989. The summed E-state index contributed by atoms with van der Waals surface area (Å²) in [7, 11) is -16.4. The van der Waals surface area contributed by atoms with Gasteiger partial charge in [-0.05, 0) is 38.5 Å². The molecular formula is C41H68N7O18P3S. The van der Waals surface area contributed by atoms with Crippen molar-refractivity contribution in [2.75, 3.05) is 37.8 Å². The van der Waals surface area contributed by atoms with E-state index >= 15 is 0 Å².